The summed E-state index contributed by atoms with van der Waals surface area (Å²) in [5, 5.41) is 3.39. The zero-order valence-electron chi connectivity index (χ0n) is 8.18. The molecule has 0 aromatic carbocycles. The smallest absolute Gasteiger partial charge is 0.0499 e. The highest BCUT2D eigenvalue weighted by Gasteiger charge is 2.00. The maximum atomic E-state index is 5.02. The average Bonchev–Trinajstić information content (AvgIpc) is 1.87. The standard InChI is InChI=1S/C9H21NO/c1-8(2)5-10-6-9(3)7-11-4/h8-10H,5-7H2,1-4H3. The highest BCUT2D eigenvalue weighted by atomic mass is 16.5. The minimum absolute atomic E-state index is 0.624. The van der Waals surface area contributed by atoms with Gasteiger partial charge in [-0.05, 0) is 24.9 Å². The Labute approximate surface area is 70.3 Å². The normalized spacial score (nSPS) is 13.9. The molecule has 0 saturated carbocycles. The Hall–Kier alpha value is -0.0800. The van der Waals surface area contributed by atoms with Crippen molar-refractivity contribution >= 4 is 0 Å². The van der Waals surface area contributed by atoms with Crippen molar-refractivity contribution in [1.82, 2.24) is 5.32 Å². The highest BCUT2D eigenvalue weighted by molar-refractivity contribution is 4.56. The van der Waals surface area contributed by atoms with E-state index in [2.05, 4.69) is 26.1 Å². The van der Waals surface area contributed by atoms with E-state index < -0.39 is 0 Å². The van der Waals surface area contributed by atoms with Gasteiger partial charge >= 0.3 is 0 Å². The molecule has 1 unspecified atom stereocenters. The van der Waals surface area contributed by atoms with Gasteiger partial charge in [-0.1, -0.05) is 20.8 Å². The van der Waals surface area contributed by atoms with Gasteiger partial charge in [-0.25, -0.2) is 0 Å². The molecule has 1 N–H and O–H groups in total. The number of hydrogen-bond acceptors (Lipinski definition) is 2. The van der Waals surface area contributed by atoms with Gasteiger partial charge in [0, 0.05) is 13.7 Å². The van der Waals surface area contributed by atoms with Crippen molar-refractivity contribution in [2.24, 2.45) is 11.8 Å². The molecule has 1 atom stereocenters. The van der Waals surface area contributed by atoms with Crippen molar-refractivity contribution in [3.8, 4) is 0 Å². The van der Waals surface area contributed by atoms with Gasteiger partial charge in [-0.3, -0.25) is 0 Å². The summed E-state index contributed by atoms with van der Waals surface area (Å²) >= 11 is 0. The molecule has 0 saturated heterocycles. The fourth-order valence-corrected chi connectivity index (χ4v) is 0.962. The van der Waals surface area contributed by atoms with Crippen LogP contribution in [0.2, 0.25) is 0 Å². The van der Waals surface area contributed by atoms with Gasteiger partial charge in [0.15, 0.2) is 0 Å². The molecule has 0 aliphatic heterocycles. The van der Waals surface area contributed by atoms with Crippen LogP contribution in [-0.2, 0) is 4.74 Å². The molecule has 2 nitrogen and oxygen atoms in total. The zero-order valence-corrected chi connectivity index (χ0v) is 8.18. The van der Waals surface area contributed by atoms with Crippen LogP contribution in [0.1, 0.15) is 20.8 Å². The predicted octanol–water partition coefficient (Wildman–Crippen LogP) is 1.51. The largest absolute Gasteiger partial charge is 0.384 e. The number of nitrogens with one attached hydrogen (secondary N) is 1. The fraction of sp³-hybridized carbons (Fsp3) is 1.00. The second-order valence-electron chi connectivity index (χ2n) is 3.61. The number of methoxy groups -OCH3 is 1. The van der Waals surface area contributed by atoms with Crippen molar-refractivity contribution in [2.45, 2.75) is 20.8 Å². The Kier molecular flexibility index (Phi) is 6.57. The van der Waals surface area contributed by atoms with Crippen LogP contribution in [0.4, 0.5) is 0 Å². The molecular formula is C9H21NO. The average molecular weight is 159 g/mol. The van der Waals surface area contributed by atoms with Crippen molar-refractivity contribution in [3.63, 3.8) is 0 Å². The lowest BCUT2D eigenvalue weighted by Gasteiger charge is -2.12. The van der Waals surface area contributed by atoms with Crippen LogP contribution >= 0.6 is 0 Å². The first-order valence-corrected chi connectivity index (χ1v) is 4.36. The Morgan fingerprint density at radius 1 is 1.18 bits per heavy atom. The molecule has 11 heavy (non-hydrogen) atoms. The summed E-state index contributed by atoms with van der Waals surface area (Å²) in [6.07, 6.45) is 0. The van der Waals surface area contributed by atoms with E-state index >= 15 is 0 Å². The first kappa shape index (κ1) is 10.9. The van der Waals surface area contributed by atoms with Crippen molar-refractivity contribution in [2.75, 3.05) is 26.8 Å². The molecule has 0 aliphatic rings. The Morgan fingerprint density at radius 2 is 1.82 bits per heavy atom. The second-order valence-corrected chi connectivity index (χ2v) is 3.61. The maximum Gasteiger partial charge on any atom is 0.0499 e. The summed E-state index contributed by atoms with van der Waals surface area (Å²) in [7, 11) is 1.75. The molecule has 0 fully saturated rings. The van der Waals surface area contributed by atoms with Crippen molar-refractivity contribution < 1.29 is 4.74 Å². The van der Waals surface area contributed by atoms with E-state index in [4.69, 9.17) is 4.74 Å². The molecule has 68 valence electrons. The zero-order chi connectivity index (χ0) is 8.69. The fourth-order valence-electron chi connectivity index (χ4n) is 0.962. The van der Waals surface area contributed by atoms with Crippen LogP contribution in [-0.4, -0.2) is 26.8 Å². The Balaban J connectivity index is 3.10. The van der Waals surface area contributed by atoms with E-state index in [9.17, 15) is 0 Å². The molecule has 0 bridgehead atoms. The lowest BCUT2D eigenvalue weighted by Crippen LogP contribution is -2.27. The molecule has 0 rings (SSSR count). The van der Waals surface area contributed by atoms with Crippen LogP contribution < -0.4 is 5.32 Å². The second kappa shape index (κ2) is 6.62. The third-order valence-corrected chi connectivity index (χ3v) is 1.50. The van der Waals surface area contributed by atoms with E-state index in [1.165, 1.54) is 0 Å². The number of rotatable bonds is 6. The molecule has 0 heterocycles. The van der Waals surface area contributed by atoms with Gasteiger partial charge in [0.2, 0.25) is 0 Å². The van der Waals surface area contributed by atoms with Crippen LogP contribution in [0, 0.1) is 11.8 Å². The summed E-state index contributed by atoms with van der Waals surface area (Å²) in [4.78, 5) is 0. The summed E-state index contributed by atoms with van der Waals surface area (Å²) in [5.74, 6) is 1.36. The third-order valence-electron chi connectivity index (χ3n) is 1.50. The Bertz CT molecular complexity index is 83.6. The first-order chi connectivity index (χ1) is 5.16. The van der Waals surface area contributed by atoms with E-state index in [0.717, 1.165) is 25.6 Å². The van der Waals surface area contributed by atoms with Gasteiger partial charge in [-0.15, -0.1) is 0 Å². The lowest BCUT2D eigenvalue weighted by atomic mass is 10.2. The molecule has 0 aromatic heterocycles. The molecule has 0 amide bonds. The minimum Gasteiger partial charge on any atom is -0.384 e. The van der Waals surface area contributed by atoms with E-state index in [1.807, 2.05) is 0 Å². The summed E-state index contributed by atoms with van der Waals surface area (Å²) in [6, 6.07) is 0. The maximum absolute atomic E-state index is 5.02. The van der Waals surface area contributed by atoms with Crippen molar-refractivity contribution in [3.05, 3.63) is 0 Å². The summed E-state index contributed by atoms with van der Waals surface area (Å²) in [5.41, 5.74) is 0. The molecule has 0 radical (unpaired) electrons. The van der Waals surface area contributed by atoms with E-state index in [1.54, 1.807) is 7.11 Å². The highest BCUT2D eigenvalue weighted by Crippen LogP contribution is 1.93. The lowest BCUT2D eigenvalue weighted by molar-refractivity contribution is 0.158. The molecule has 2 heteroatoms. The van der Waals surface area contributed by atoms with Gasteiger partial charge < -0.3 is 10.1 Å². The van der Waals surface area contributed by atoms with Gasteiger partial charge in [0.1, 0.15) is 0 Å². The predicted molar refractivity (Wildman–Crippen MR) is 48.7 cm³/mol. The monoisotopic (exact) mass is 159 g/mol. The first-order valence-electron chi connectivity index (χ1n) is 4.36. The molecule has 0 aromatic rings. The van der Waals surface area contributed by atoms with Gasteiger partial charge in [-0.2, -0.15) is 0 Å². The minimum atomic E-state index is 0.624. The Morgan fingerprint density at radius 3 is 2.27 bits per heavy atom. The third kappa shape index (κ3) is 7.82. The van der Waals surface area contributed by atoms with Crippen LogP contribution in [0.3, 0.4) is 0 Å². The number of ether oxygens (including phenoxy) is 1. The molecular weight excluding hydrogens is 138 g/mol. The molecule has 0 aliphatic carbocycles. The van der Waals surface area contributed by atoms with E-state index in [-0.39, 0.29) is 0 Å². The SMILES string of the molecule is COCC(C)CNCC(C)C. The molecule has 0 spiro atoms. The van der Waals surface area contributed by atoms with Crippen LogP contribution in [0.15, 0.2) is 0 Å². The van der Waals surface area contributed by atoms with Crippen molar-refractivity contribution in [1.29, 1.82) is 0 Å². The quantitative estimate of drug-likeness (QED) is 0.634. The summed E-state index contributed by atoms with van der Waals surface area (Å²) in [6.45, 7) is 9.64. The van der Waals surface area contributed by atoms with Gasteiger partial charge in [0.25, 0.3) is 0 Å². The van der Waals surface area contributed by atoms with E-state index in [0.29, 0.717) is 5.92 Å². The van der Waals surface area contributed by atoms with Crippen LogP contribution in [0.25, 0.3) is 0 Å². The van der Waals surface area contributed by atoms with Gasteiger partial charge in [0.05, 0.1) is 0 Å². The van der Waals surface area contributed by atoms with Crippen LogP contribution in [0.5, 0.6) is 0 Å². The topological polar surface area (TPSA) is 21.3 Å². The number of hydrogen-bond donors (Lipinski definition) is 1. The summed E-state index contributed by atoms with van der Waals surface area (Å²) < 4.78 is 5.02.